The Morgan fingerprint density at radius 2 is 2.00 bits per heavy atom. The van der Waals surface area contributed by atoms with Gasteiger partial charge in [0.15, 0.2) is 0 Å². The molecule has 4 nitrogen and oxygen atoms in total. The highest BCUT2D eigenvalue weighted by Crippen LogP contribution is 2.31. The van der Waals surface area contributed by atoms with E-state index in [4.69, 9.17) is 16.3 Å². The van der Waals surface area contributed by atoms with Crippen LogP contribution in [0.15, 0.2) is 18.2 Å². The minimum atomic E-state index is -0.558. The van der Waals surface area contributed by atoms with Gasteiger partial charge in [-0.1, -0.05) is 25.4 Å². The lowest BCUT2D eigenvalue weighted by Crippen LogP contribution is -2.33. The van der Waals surface area contributed by atoms with Gasteiger partial charge < -0.3 is 9.64 Å². The van der Waals surface area contributed by atoms with Crippen molar-refractivity contribution in [1.29, 1.82) is 5.26 Å². The van der Waals surface area contributed by atoms with Crippen LogP contribution in [-0.2, 0) is 4.79 Å². The molecule has 0 aliphatic rings. The number of rotatable bonds is 8. The highest BCUT2D eigenvalue weighted by molar-refractivity contribution is 6.30. The molecule has 0 saturated heterocycles. The highest BCUT2D eigenvalue weighted by Gasteiger charge is 2.22. The Balaban J connectivity index is 2.95. The number of halogens is 1. The smallest absolute Gasteiger partial charge is 0.224 e. The average molecular weight is 323 g/mol. The van der Waals surface area contributed by atoms with E-state index in [1.807, 2.05) is 18.7 Å². The molecule has 1 atom stereocenters. The zero-order chi connectivity index (χ0) is 16.5. The third-order valence-electron chi connectivity index (χ3n) is 3.44. The van der Waals surface area contributed by atoms with Crippen molar-refractivity contribution in [3.63, 3.8) is 0 Å². The first-order chi connectivity index (χ1) is 10.6. The normalized spacial score (nSPS) is 11.6. The minimum absolute atomic E-state index is 0.00252. The van der Waals surface area contributed by atoms with E-state index < -0.39 is 5.92 Å². The van der Waals surface area contributed by atoms with E-state index in [0.717, 1.165) is 25.9 Å². The van der Waals surface area contributed by atoms with E-state index >= 15 is 0 Å². The fourth-order valence-electron chi connectivity index (χ4n) is 2.41. The van der Waals surface area contributed by atoms with E-state index in [1.165, 1.54) is 0 Å². The first-order valence-corrected chi connectivity index (χ1v) is 7.95. The standard InChI is InChI=1S/C17H23ClN2O2/c1-4-8-20(9-5-2)17(21)10-13(12-19)15-11-14(18)6-7-16(15)22-3/h6-7,11,13H,4-5,8-10H2,1-3H3. The lowest BCUT2D eigenvalue weighted by molar-refractivity contribution is -0.131. The summed E-state index contributed by atoms with van der Waals surface area (Å²) in [6.45, 7) is 5.52. The molecule has 0 fully saturated rings. The maximum absolute atomic E-state index is 12.5. The van der Waals surface area contributed by atoms with E-state index in [2.05, 4.69) is 6.07 Å². The van der Waals surface area contributed by atoms with Crippen LogP contribution in [0.2, 0.25) is 5.02 Å². The largest absolute Gasteiger partial charge is 0.496 e. The van der Waals surface area contributed by atoms with Crippen LogP contribution in [0.25, 0.3) is 0 Å². The molecular formula is C17H23ClN2O2. The molecule has 0 spiro atoms. The Bertz CT molecular complexity index is 534. The Morgan fingerprint density at radius 3 is 2.50 bits per heavy atom. The van der Waals surface area contributed by atoms with E-state index in [0.29, 0.717) is 16.3 Å². The molecule has 1 unspecified atom stereocenters. The summed E-state index contributed by atoms with van der Waals surface area (Å²) < 4.78 is 5.29. The number of benzene rings is 1. The van der Waals surface area contributed by atoms with Gasteiger partial charge in [-0.15, -0.1) is 0 Å². The van der Waals surface area contributed by atoms with Gasteiger partial charge in [0, 0.05) is 30.1 Å². The molecule has 1 aromatic rings. The number of methoxy groups -OCH3 is 1. The van der Waals surface area contributed by atoms with Crippen molar-refractivity contribution >= 4 is 17.5 Å². The summed E-state index contributed by atoms with van der Waals surface area (Å²) in [7, 11) is 1.55. The summed E-state index contributed by atoms with van der Waals surface area (Å²) in [6, 6.07) is 7.34. The van der Waals surface area contributed by atoms with Crippen molar-refractivity contribution < 1.29 is 9.53 Å². The van der Waals surface area contributed by atoms with Crippen LogP contribution in [0.4, 0.5) is 0 Å². The average Bonchev–Trinajstić information content (AvgIpc) is 2.52. The topological polar surface area (TPSA) is 53.3 Å². The van der Waals surface area contributed by atoms with Crippen LogP contribution >= 0.6 is 11.6 Å². The highest BCUT2D eigenvalue weighted by atomic mass is 35.5. The molecule has 0 aromatic heterocycles. The number of hydrogen-bond donors (Lipinski definition) is 0. The van der Waals surface area contributed by atoms with Crippen LogP contribution in [0.1, 0.15) is 44.6 Å². The second kappa shape index (κ2) is 9.32. The molecule has 120 valence electrons. The fourth-order valence-corrected chi connectivity index (χ4v) is 2.59. The third kappa shape index (κ3) is 4.92. The van der Waals surface area contributed by atoms with Gasteiger partial charge in [-0.2, -0.15) is 5.26 Å². The Morgan fingerprint density at radius 1 is 1.36 bits per heavy atom. The summed E-state index contributed by atoms with van der Waals surface area (Å²) in [5, 5.41) is 9.99. The molecule has 1 rings (SSSR count). The molecule has 0 aliphatic heterocycles. The summed E-state index contributed by atoms with van der Waals surface area (Å²) >= 11 is 6.01. The molecule has 0 aliphatic carbocycles. The predicted octanol–water partition coefficient (Wildman–Crippen LogP) is 3.99. The molecule has 0 saturated carbocycles. The number of amides is 1. The van der Waals surface area contributed by atoms with Gasteiger partial charge >= 0.3 is 0 Å². The molecule has 1 amide bonds. The number of carbonyl (C=O) groups excluding carboxylic acids is 1. The van der Waals surface area contributed by atoms with Crippen LogP contribution < -0.4 is 4.74 Å². The molecule has 0 bridgehead atoms. The Hall–Kier alpha value is -1.73. The molecule has 0 heterocycles. The molecule has 5 heteroatoms. The lowest BCUT2D eigenvalue weighted by atomic mass is 9.95. The number of carbonyl (C=O) groups is 1. The third-order valence-corrected chi connectivity index (χ3v) is 3.68. The second-order valence-corrected chi connectivity index (χ2v) is 5.59. The quantitative estimate of drug-likeness (QED) is 0.727. The van der Waals surface area contributed by atoms with Crippen molar-refractivity contribution in [2.45, 2.75) is 39.0 Å². The minimum Gasteiger partial charge on any atom is -0.496 e. The Kier molecular flexibility index (Phi) is 7.76. The first kappa shape index (κ1) is 18.3. The number of nitriles is 1. The summed E-state index contributed by atoms with van der Waals surface area (Å²) in [4.78, 5) is 14.3. The molecule has 1 aromatic carbocycles. The second-order valence-electron chi connectivity index (χ2n) is 5.15. The van der Waals surface area contributed by atoms with Crippen molar-refractivity contribution in [3.8, 4) is 11.8 Å². The summed E-state index contributed by atoms with van der Waals surface area (Å²) in [5.74, 6) is 0.0240. The summed E-state index contributed by atoms with van der Waals surface area (Å²) in [6.07, 6.45) is 1.96. The zero-order valence-electron chi connectivity index (χ0n) is 13.4. The molecule has 0 radical (unpaired) electrons. The van der Waals surface area contributed by atoms with E-state index in [1.54, 1.807) is 25.3 Å². The van der Waals surface area contributed by atoms with Gasteiger partial charge in [0.25, 0.3) is 0 Å². The van der Waals surface area contributed by atoms with E-state index in [9.17, 15) is 10.1 Å². The van der Waals surface area contributed by atoms with Crippen molar-refractivity contribution in [3.05, 3.63) is 28.8 Å². The van der Waals surface area contributed by atoms with Crippen LogP contribution in [0.3, 0.4) is 0 Å². The van der Waals surface area contributed by atoms with Crippen molar-refractivity contribution in [2.24, 2.45) is 0 Å². The molecular weight excluding hydrogens is 300 g/mol. The van der Waals surface area contributed by atoms with Gasteiger partial charge in [-0.25, -0.2) is 0 Å². The Labute approximate surface area is 137 Å². The molecule has 0 N–H and O–H groups in total. The van der Waals surface area contributed by atoms with Gasteiger partial charge in [0.1, 0.15) is 5.75 Å². The number of hydrogen-bond acceptors (Lipinski definition) is 3. The lowest BCUT2D eigenvalue weighted by Gasteiger charge is -2.23. The van der Waals surface area contributed by atoms with Crippen LogP contribution in [-0.4, -0.2) is 31.0 Å². The SMILES string of the molecule is CCCN(CCC)C(=O)CC(C#N)c1cc(Cl)ccc1OC. The van der Waals surface area contributed by atoms with Gasteiger partial charge in [0.05, 0.1) is 19.1 Å². The van der Waals surface area contributed by atoms with E-state index in [-0.39, 0.29) is 12.3 Å². The summed E-state index contributed by atoms with van der Waals surface area (Å²) in [5.41, 5.74) is 0.666. The number of nitrogens with zero attached hydrogens (tertiary/aromatic N) is 2. The van der Waals surface area contributed by atoms with Crippen molar-refractivity contribution in [1.82, 2.24) is 4.90 Å². The number of ether oxygens (including phenoxy) is 1. The van der Waals surface area contributed by atoms with Crippen molar-refractivity contribution in [2.75, 3.05) is 20.2 Å². The molecule has 22 heavy (non-hydrogen) atoms. The maximum Gasteiger partial charge on any atom is 0.224 e. The fraction of sp³-hybridized carbons (Fsp3) is 0.529. The van der Waals surface area contributed by atoms with Gasteiger partial charge in [-0.05, 0) is 31.0 Å². The first-order valence-electron chi connectivity index (χ1n) is 7.58. The van der Waals surface area contributed by atoms with Crippen LogP contribution in [0, 0.1) is 11.3 Å². The van der Waals surface area contributed by atoms with Gasteiger partial charge in [-0.3, -0.25) is 4.79 Å². The zero-order valence-corrected chi connectivity index (χ0v) is 14.2. The predicted molar refractivity (Wildman–Crippen MR) is 88.1 cm³/mol. The monoisotopic (exact) mass is 322 g/mol. The van der Waals surface area contributed by atoms with Gasteiger partial charge in [0.2, 0.25) is 5.91 Å². The van der Waals surface area contributed by atoms with Crippen LogP contribution in [0.5, 0.6) is 5.75 Å². The maximum atomic E-state index is 12.5.